The maximum atomic E-state index is 13.6. The van der Waals surface area contributed by atoms with E-state index >= 15 is 0 Å². The summed E-state index contributed by atoms with van der Waals surface area (Å²) in [6.07, 6.45) is -0.380. The van der Waals surface area contributed by atoms with E-state index in [1.165, 1.54) is 11.0 Å². The second kappa shape index (κ2) is 6.12. The minimum absolute atomic E-state index is 0.0776. The number of halogens is 2. The molecule has 1 aromatic rings. The van der Waals surface area contributed by atoms with Crippen LogP contribution in [0.25, 0.3) is 0 Å². The summed E-state index contributed by atoms with van der Waals surface area (Å²) in [5, 5.41) is 0.140. The van der Waals surface area contributed by atoms with Crippen LogP contribution in [0.15, 0.2) is 12.1 Å². The first-order valence-corrected chi connectivity index (χ1v) is 7.16. The average molecular weight is 330 g/mol. The maximum Gasteiger partial charge on any atom is 0.410 e. The zero-order valence-corrected chi connectivity index (χ0v) is 13.3. The van der Waals surface area contributed by atoms with Gasteiger partial charge in [0.2, 0.25) is 0 Å². The number of amides is 1. The molecule has 22 heavy (non-hydrogen) atoms. The molecule has 0 aromatic heterocycles. The molecule has 5 nitrogen and oxygen atoms in total. The molecule has 1 aromatic carbocycles. The minimum atomic E-state index is -0.735. The molecule has 0 radical (unpaired) electrons. The third-order valence-corrected chi connectivity index (χ3v) is 3.19. The van der Waals surface area contributed by atoms with Crippen molar-refractivity contribution >= 4 is 24.0 Å². The van der Waals surface area contributed by atoms with E-state index in [-0.39, 0.29) is 22.4 Å². The van der Waals surface area contributed by atoms with Crippen LogP contribution in [0.5, 0.6) is 5.75 Å². The molecule has 0 saturated carbocycles. The van der Waals surface area contributed by atoms with Gasteiger partial charge in [0.1, 0.15) is 23.3 Å². The number of rotatable bonds is 3. The van der Waals surface area contributed by atoms with Crippen LogP contribution < -0.4 is 4.74 Å². The lowest BCUT2D eigenvalue weighted by Crippen LogP contribution is -2.57. The Labute approximate surface area is 132 Å². The van der Waals surface area contributed by atoms with Gasteiger partial charge < -0.3 is 14.4 Å². The number of nitrogens with zero attached hydrogens (tertiary/aromatic N) is 1. The van der Waals surface area contributed by atoms with E-state index in [2.05, 4.69) is 0 Å². The van der Waals surface area contributed by atoms with Gasteiger partial charge in [-0.25, -0.2) is 9.18 Å². The van der Waals surface area contributed by atoms with Gasteiger partial charge >= 0.3 is 6.09 Å². The molecule has 120 valence electrons. The van der Waals surface area contributed by atoms with E-state index in [1.54, 1.807) is 20.8 Å². The third-order valence-electron chi connectivity index (χ3n) is 2.97. The first kappa shape index (κ1) is 16.5. The Balaban J connectivity index is 1.96. The van der Waals surface area contributed by atoms with Crippen LogP contribution in [-0.4, -0.2) is 42.1 Å². The predicted octanol–water partition coefficient (Wildman–Crippen LogP) is 3.29. The van der Waals surface area contributed by atoms with Gasteiger partial charge in [-0.05, 0) is 32.9 Å². The van der Waals surface area contributed by atoms with Crippen molar-refractivity contribution in [3.05, 3.63) is 28.5 Å². The molecule has 7 heteroatoms. The van der Waals surface area contributed by atoms with Crippen LogP contribution in [0, 0.1) is 5.82 Å². The Bertz CT molecular complexity index is 594. The molecule has 0 aliphatic carbocycles. The SMILES string of the molecule is CC(C)(C)OC(=O)N1CC(Oc2cc(Cl)cc(F)c2C=O)C1. The topological polar surface area (TPSA) is 55.8 Å². The fourth-order valence-electron chi connectivity index (χ4n) is 1.94. The molecular formula is C15H17ClFNO4. The second-order valence-electron chi connectivity index (χ2n) is 6.04. The van der Waals surface area contributed by atoms with Gasteiger partial charge in [-0.3, -0.25) is 4.79 Å². The van der Waals surface area contributed by atoms with Gasteiger partial charge in [-0.2, -0.15) is 0 Å². The molecule has 0 atom stereocenters. The number of carbonyl (C=O) groups is 2. The van der Waals surface area contributed by atoms with Crippen molar-refractivity contribution in [2.45, 2.75) is 32.5 Å². The van der Waals surface area contributed by atoms with Crippen LogP contribution in [0.3, 0.4) is 0 Å². The average Bonchev–Trinajstić information content (AvgIpc) is 2.30. The van der Waals surface area contributed by atoms with E-state index in [0.717, 1.165) is 6.07 Å². The number of hydrogen-bond acceptors (Lipinski definition) is 4. The zero-order valence-electron chi connectivity index (χ0n) is 12.6. The van der Waals surface area contributed by atoms with Gasteiger partial charge in [0.05, 0.1) is 18.7 Å². The molecular weight excluding hydrogens is 313 g/mol. The number of hydrogen-bond donors (Lipinski definition) is 0. The van der Waals surface area contributed by atoms with E-state index < -0.39 is 17.5 Å². The first-order valence-electron chi connectivity index (χ1n) is 6.78. The van der Waals surface area contributed by atoms with E-state index in [0.29, 0.717) is 19.4 Å². The van der Waals surface area contributed by atoms with Crippen LogP contribution in [0.2, 0.25) is 5.02 Å². The Morgan fingerprint density at radius 3 is 2.59 bits per heavy atom. The van der Waals surface area contributed by atoms with E-state index in [4.69, 9.17) is 21.1 Å². The normalized spacial score (nSPS) is 15.2. The Hall–Kier alpha value is -1.82. The van der Waals surface area contributed by atoms with Crippen molar-refractivity contribution in [2.24, 2.45) is 0 Å². The molecule has 1 aliphatic heterocycles. The standard InChI is InChI=1S/C15H17ClFNO4/c1-15(2,3)22-14(20)18-6-10(7-18)21-13-5-9(16)4-12(17)11(13)8-19/h4-5,8,10H,6-7H2,1-3H3. The van der Waals surface area contributed by atoms with Crippen molar-refractivity contribution in [3.63, 3.8) is 0 Å². The molecule has 1 heterocycles. The summed E-state index contributed by atoms with van der Waals surface area (Å²) < 4.78 is 24.4. The van der Waals surface area contributed by atoms with Crippen molar-refractivity contribution in [2.75, 3.05) is 13.1 Å². The maximum absolute atomic E-state index is 13.6. The lowest BCUT2D eigenvalue weighted by atomic mass is 10.1. The number of carbonyl (C=O) groups excluding carboxylic acids is 2. The van der Waals surface area contributed by atoms with Gasteiger partial charge in [-0.1, -0.05) is 11.6 Å². The summed E-state index contributed by atoms with van der Waals surface area (Å²) in [6, 6.07) is 2.43. The van der Waals surface area contributed by atoms with Crippen LogP contribution in [-0.2, 0) is 4.74 Å². The Morgan fingerprint density at radius 2 is 2.05 bits per heavy atom. The lowest BCUT2D eigenvalue weighted by molar-refractivity contribution is -0.0223. The molecule has 1 amide bonds. The van der Waals surface area contributed by atoms with E-state index in [9.17, 15) is 14.0 Å². The summed E-state index contributed by atoms with van der Waals surface area (Å²) >= 11 is 5.76. The highest BCUT2D eigenvalue weighted by atomic mass is 35.5. The van der Waals surface area contributed by atoms with E-state index in [1.807, 2.05) is 0 Å². The molecule has 2 rings (SSSR count). The van der Waals surface area contributed by atoms with Gasteiger partial charge in [0.25, 0.3) is 0 Å². The van der Waals surface area contributed by atoms with Crippen molar-refractivity contribution in [3.8, 4) is 5.75 Å². The highest BCUT2D eigenvalue weighted by Gasteiger charge is 2.35. The quantitative estimate of drug-likeness (QED) is 0.798. The number of likely N-dealkylation sites (tertiary alicyclic amines) is 1. The Kier molecular flexibility index (Phi) is 4.60. The van der Waals surface area contributed by atoms with Crippen molar-refractivity contribution in [1.29, 1.82) is 0 Å². The summed E-state index contributed by atoms with van der Waals surface area (Å²) in [7, 11) is 0. The Morgan fingerprint density at radius 1 is 1.41 bits per heavy atom. The van der Waals surface area contributed by atoms with Crippen LogP contribution in [0.4, 0.5) is 9.18 Å². The summed E-state index contributed by atoms with van der Waals surface area (Å²) in [5.41, 5.74) is -0.746. The van der Waals surface area contributed by atoms with Gasteiger partial charge in [0, 0.05) is 5.02 Å². The molecule has 1 fully saturated rings. The van der Waals surface area contributed by atoms with Crippen molar-refractivity contribution in [1.82, 2.24) is 4.90 Å². The zero-order chi connectivity index (χ0) is 16.5. The lowest BCUT2D eigenvalue weighted by Gasteiger charge is -2.39. The fourth-order valence-corrected chi connectivity index (χ4v) is 2.14. The summed E-state index contributed by atoms with van der Waals surface area (Å²) in [6.45, 7) is 5.96. The fraction of sp³-hybridized carbons (Fsp3) is 0.467. The van der Waals surface area contributed by atoms with Gasteiger partial charge in [-0.15, -0.1) is 0 Å². The highest BCUT2D eigenvalue weighted by molar-refractivity contribution is 6.30. The number of ether oxygens (including phenoxy) is 2. The summed E-state index contributed by atoms with van der Waals surface area (Å²) in [4.78, 5) is 24.2. The molecule has 1 saturated heterocycles. The molecule has 0 unspecified atom stereocenters. The minimum Gasteiger partial charge on any atom is -0.486 e. The highest BCUT2D eigenvalue weighted by Crippen LogP contribution is 2.28. The predicted molar refractivity (Wildman–Crippen MR) is 79.0 cm³/mol. The summed E-state index contributed by atoms with van der Waals surface area (Å²) in [5.74, 6) is -0.658. The van der Waals surface area contributed by atoms with Crippen LogP contribution >= 0.6 is 11.6 Å². The third kappa shape index (κ3) is 3.88. The largest absolute Gasteiger partial charge is 0.486 e. The van der Waals surface area contributed by atoms with Crippen molar-refractivity contribution < 1.29 is 23.5 Å². The number of aldehydes is 1. The van der Waals surface area contributed by atoms with Gasteiger partial charge in [0.15, 0.2) is 6.29 Å². The molecule has 0 spiro atoms. The molecule has 0 bridgehead atoms. The smallest absolute Gasteiger partial charge is 0.410 e. The second-order valence-corrected chi connectivity index (χ2v) is 6.48. The molecule has 1 aliphatic rings. The molecule has 0 N–H and O–H groups in total. The number of benzene rings is 1. The van der Waals surface area contributed by atoms with Crippen LogP contribution in [0.1, 0.15) is 31.1 Å². The monoisotopic (exact) mass is 329 g/mol. The first-order chi connectivity index (χ1) is 10.2.